The molecule has 0 aromatic carbocycles. The minimum atomic E-state index is 0.482. The number of aromatic nitrogens is 2. The van der Waals surface area contributed by atoms with E-state index in [2.05, 4.69) is 26.3 Å². The molecule has 0 atom stereocenters. The van der Waals surface area contributed by atoms with Crippen molar-refractivity contribution in [1.82, 2.24) is 9.97 Å². The predicted octanol–water partition coefficient (Wildman–Crippen LogP) is 2.49. The molecule has 0 spiro atoms. The second-order valence-corrected chi connectivity index (χ2v) is 5.65. The van der Waals surface area contributed by atoms with Crippen molar-refractivity contribution in [3.05, 3.63) is 35.5 Å². The zero-order valence-corrected chi connectivity index (χ0v) is 11.8. The van der Waals surface area contributed by atoms with E-state index in [1.807, 2.05) is 23.7 Å². The number of anilines is 2. The summed E-state index contributed by atoms with van der Waals surface area (Å²) in [5.74, 6) is 0.955. The topological polar surface area (TPSA) is 64.8 Å². The highest BCUT2D eigenvalue weighted by molar-refractivity contribution is 7.13. The van der Waals surface area contributed by atoms with Gasteiger partial charge in [-0.1, -0.05) is 0 Å². The maximum Gasteiger partial charge on any atom is 0.182 e. The Hall–Kier alpha value is -2.13. The molecule has 0 bridgehead atoms. The number of hydrogen-bond donors (Lipinski definition) is 1. The first-order chi connectivity index (χ1) is 9.85. The van der Waals surface area contributed by atoms with Crippen LogP contribution in [0.1, 0.15) is 18.4 Å². The monoisotopic (exact) mass is 285 g/mol. The summed E-state index contributed by atoms with van der Waals surface area (Å²) in [5.41, 5.74) is 0.606. The summed E-state index contributed by atoms with van der Waals surface area (Å²) in [6, 6.07) is 6.32. The van der Waals surface area contributed by atoms with E-state index in [1.165, 1.54) is 0 Å². The Kier molecular flexibility index (Phi) is 3.79. The third kappa shape index (κ3) is 2.89. The number of pyridine rings is 1. The van der Waals surface area contributed by atoms with Crippen LogP contribution in [-0.4, -0.2) is 29.1 Å². The average molecular weight is 285 g/mol. The fraction of sp³-hybridized carbons (Fsp3) is 0.357. The molecule has 0 saturated carbocycles. The fourth-order valence-electron chi connectivity index (χ4n) is 2.36. The molecule has 20 heavy (non-hydrogen) atoms. The number of nitriles is 1. The third-order valence-electron chi connectivity index (χ3n) is 3.46. The van der Waals surface area contributed by atoms with Gasteiger partial charge in [0.25, 0.3) is 0 Å². The summed E-state index contributed by atoms with van der Waals surface area (Å²) in [7, 11) is 0. The molecule has 5 nitrogen and oxygen atoms in total. The molecular formula is C14H15N5S. The Morgan fingerprint density at radius 1 is 1.30 bits per heavy atom. The van der Waals surface area contributed by atoms with E-state index in [1.54, 1.807) is 17.5 Å². The molecule has 1 aliphatic heterocycles. The predicted molar refractivity (Wildman–Crippen MR) is 79.9 cm³/mol. The maximum atomic E-state index is 8.78. The zero-order valence-electron chi connectivity index (χ0n) is 11.0. The molecule has 1 fully saturated rings. The lowest BCUT2D eigenvalue weighted by atomic mass is 10.1. The smallest absolute Gasteiger partial charge is 0.182 e. The van der Waals surface area contributed by atoms with Gasteiger partial charge in [0.2, 0.25) is 0 Å². The van der Waals surface area contributed by atoms with E-state index in [-0.39, 0.29) is 0 Å². The quantitative estimate of drug-likeness (QED) is 0.938. The van der Waals surface area contributed by atoms with Crippen LogP contribution in [-0.2, 0) is 0 Å². The molecule has 0 unspecified atom stereocenters. The Bertz CT molecular complexity index is 579. The SMILES string of the molecule is N#Cc1ccc(N2CCC(Nc3nccs3)CC2)nc1. The first-order valence-electron chi connectivity index (χ1n) is 6.62. The molecule has 1 saturated heterocycles. The third-order valence-corrected chi connectivity index (χ3v) is 4.16. The number of nitrogens with zero attached hydrogens (tertiary/aromatic N) is 4. The van der Waals surface area contributed by atoms with Gasteiger partial charge in [0.15, 0.2) is 5.13 Å². The van der Waals surface area contributed by atoms with Crippen molar-refractivity contribution in [1.29, 1.82) is 5.26 Å². The normalized spacial score (nSPS) is 15.8. The van der Waals surface area contributed by atoms with Gasteiger partial charge in [-0.3, -0.25) is 0 Å². The fourth-order valence-corrected chi connectivity index (χ4v) is 2.97. The first kappa shape index (κ1) is 12.9. The Labute approximate surface area is 121 Å². The van der Waals surface area contributed by atoms with Crippen molar-refractivity contribution in [2.45, 2.75) is 18.9 Å². The van der Waals surface area contributed by atoms with E-state index in [0.29, 0.717) is 11.6 Å². The van der Waals surface area contributed by atoms with Gasteiger partial charge in [-0.15, -0.1) is 11.3 Å². The molecule has 2 aromatic rings. The van der Waals surface area contributed by atoms with Gasteiger partial charge < -0.3 is 10.2 Å². The first-order valence-corrected chi connectivity index (χ1v) is 7.50. The molecule has 2 aromatic heterocycles. The Morgan fingerprint density at radius 3 is 2.75 bits per heavy atom. The van der Waals surface area contributed by atoms with E-state index in [9.17, 15) is 0 Å². The number of nitrogens with one attached hydrogen (secondary N) is 1. The lowest BCUT2D eigenvalue weighted by Crippen LogP contribution is -2.39. The van der Waals surface area contributed by atoms with Gasteiger partial charge in [-0.2, -0.15) is 5.26 Å². The van der Waals surface area contributed by atoms with Crippen LogP contribution in [0, 0.1) is 11.3 Å². The zero-order chi connectivity index (χ0) is 13.8. The number of piperidine rings is 1. The summed E-state index contributed by atoms with van der Waals surface area (Å²) >= 11 is 1.64. The molecular weight excluding hydrogens is 270 g/mol. The van der Waals surface area contributed by atoms with Crippen LogP contribution in [0.15, 0.2) is 29.9 Å². The van der Waals surface area contributed by atoms with E-state index in [4.69, 9.17) is 5.26 Å². The molecule has 0 aliphatic carbocycles. The van der Waals surface area contributed by atoms with Gasteiger partial charge in [0, 0.05) is 36.9 Å². The van der Waals surface area contributed by atoms with Crippen molar-refractivity contribution in [2.24, 2.45) is 0 Å². The summed E-state index contributed by atoms with van der Waals surface area (Å²) < 4.78 is 0. The van der Waals surface area contributed by atoms with Gasteiger partial charge in [-0.05, 0) is 25.0 Å². The number of rotatable bonds is 3. The Balaban J connectivity index is 1.56. The minimum absolute atomic E-state index is 0.482. The molecule has 0 radical (unpaired) electrons. The van der Waals surface area contributed by atoms with Crippen LogP contribution < -0.4 is 10.2 Å². The highest BCUT2D eigenvalue weighted by atomic mass is 32.1. The minimum Gasteiger partial charge on any atom is -0.359 e. The largest absolute Gasteiger partial charge is 0.359 e. The lowest BCUT2D eigenvalue weighted by Gasteiger charge is -2.33. The van der Waals surface area contributed by atoms with Crippen molar-refractivity contribution in [3.63, 3.8) is 0 Å². The highest BCUT2D eigenvalue weighted by Crippen LogP contribution is 2.21. The van der Waals surface area contributed by atoms with Crippen LogP contribution in [0.2, 0.25) is 0 Å². The highest BCUT2D eigenvalue weighted by Gasteiger charge is 2.20. The van der Waals surface area contributed by atoms with Crippen LogP contribution >= 0.6 is 11.3 Å². The Morgan fingerprint density at radius 2 is 2.15 bits per heavy atom. The molecule has 3 heterocycles. The summed E-state index contributed by atoms with van der Waals surface area (Å²) in [6.07, 6.45) is 5.60. The number of thiazole rings is 1. The molecule has 1 N–H and O–H groups in total. The van der Waals surface area contributed by atoms with E-state index >= 15 is 0 Å². The van der Waals surface area contributed by atoms with Gasteiger partial charge in [0.1, 0.15) is 11.9 Å². The summed E-state index contributed by atoms with van der Waals surface area (Å²) in [5, 5.41) is 15.2. The van der Waals surface area contributed by atoms with Crippen LogP contribution in [0.3, 0.4) is 0 Å². The van der Waals surface area contributed by atoms with Gasteiger partial charge in [0.05, 0.1) is 5.56 Å². The summed E-state index contributed by atoms with van der Waals surface area (Å²) in [6.45, 7) is 1.95. The van der Waals surface area contributed by atoms with Crippen LogP contribution in [0.25, 0.3) is 0 Å². The van der Waals surface area contributed by atoms with Crippen LogP contribution in [0.4, 0.5) is 10.9 Å². The van der Waals surface area contributed by atoms with Crippen molar-refractivity contribution in [3.8, 4) is 6.07 Å². The number of hydrogen-bond acceptors (Lipinski definition) is 6. The molecule has 102 valence electrons. The van der Waals surface area contributed by atoms with Crippen molar-refractivity contribution < 1.29 is 0 Å². The van der Waals surface area contributed by atoms with Crippen molar-refractivity contribution in [2.75, 3.05) is 23.3 Å². The summed E-state index contributed by atoms with van der Waals surface area (Å²) in [4.78, 5) is 10.9. The molecule has 1 aliphatic rings. The standard InChI is InChI=1S/C14H15N5S/c15-9-11-1-2-13(17-10-11)19-6-3-12(4-7-19)18-14-16-5-8-20-14/h1-2,5,8,10,12H,3-4,6-7H2,(H,16,18). The van der Waals surface area contributed by atoms with Crippen molar-refractivity contribution >= 4 is 22.3 Å². The average Bonchev–Trinajstić information content (AvgIpc) is 3.01. The molecule has 6 heteroatoms. The maximum absolute atomic E-state index is 8.78. The van der Waals surface area contributed by atoms with E-state index < -0.39 is 0 Å². The van der Waals surface area contributed by atoms with Gasteiger partial charge >= 0.3 is 0 Å². The molecule has 3 rings (SSSR count). The van der Waals surface area contributed by atoms with Gasteiger partial charge in [-0.25, -0.2) is 9.97 Å². The van der Waals surface area contributed by atoms with Crippen LogP contribution in [0.5, 0.6) is 0 Å². The second kappa shape index (κ2) is 5.88. The second-order valence-electron chi connectivity index (χ2n) is 4.76. The lowest BCUT2D eigenvalue weighted by molar-refractivity contribution is 0.523. The van der Waals surface area contributed by atoms with E-state index in [0.717, 1.165) is 36.9 Å². The molecule has 0 amide bonds.